The number of hydrogen-bond donors (Lipinski definition) is 2. The van der Waals surface area contributed by atoms with Crippen molar-refractivity contribution in [1.82, 2.24) is 15.0 Å². The van der Waals surface area contributed by atoms with Crippen LogP contribution < -0.4 is 10.0 Å². The summed E-state index contributed by atoms with van der Waals surface area (Å²) in [6.07, 6.45) is 3.21. The maximum atomic E-state index is 11.9. The highest BCUT2D eigenvalue weighted by atomic mass is 32.2. The minimum absolute atomic E-state index is 0.0300. The molecule has 7 heteroatoms. The topological polar surface area (TPSA) is 88.2 Å². The number of aromatic nitrogens is 1. The standard InChI is InChI=1S/C18H21N3O3S/c1-15(17-9-5-6-12-19-17)21-18(22)10-13-20-25(23,24)14-11-16-7-3-2-4-8-16/h2-9,11-12,14-15,20H,10,13H2,1H3,(H,21,22)/b14-11+. The molecule has 0 bridgehead atoms. The molecule has 0 aliphatic heterocycles. The smallest absolute Gasteiger partial charge is 0.233 e. The Morgan fingerprint density at radius 3 is 2.56 bits per heavy atom. The summed E-state index contributed by atoms with van der Waals surface area (Å²) in [5.41, 5.74) is 1.54. The van der Waals surface area contributed by atoms with E-state index in [4.69, 9.17) is 0 Å². The molecule has 0 aliphatic rings. The Balaban J connectivity index is 1.77. The van der Waals surface area contributed by atoms with Gasteiger partial charge in [-0.05, 0) is 30.7 Å². The molecule has 25 heavy (non-hydrogen) atoms. The van der Waals surface area contributed by atoms with Gasteiger partial charge >= 0.3 is 0 Å². The van der Waals surface area contributed by atoms with E-state index in [1.54, 1.807) is 24.4 Å². The summed E-state index contributed by atoms with van der Waals surface area (Å²) in [7, 11) is -3.58. The van der Waals surface area contributed by atoms with Crippen LogP contribution in [0.1, 0.15) is 30.6 Å². The lowest BCUT2D eigenvalue weighted by Crippen LogP contribution is -2.31. The van der Waals surface area contributed by atoms with Crippen molar-refractivity contribution >= 4 is 22.0 Å². The normalized spacial score (nSPS) is 12.8. The van der Waals surface area contributed by atoms with Gasteiger partial charge in [0, 0.05) is 24.6 Å². The lowest BCUT2D eigenvalue weighted by atomic mass is 10.2. The van der Waals surface area contributed by atoms with Gasteiger partial charge in [-0.1, -0.05) is 36.4 Å². The molecule has 0 fully saturated rings. The summed E-state index contributed by atoms with van der Waals surface area (Å²) in [6, 6.07) is 14.4. The number of rotatable bonds is 8. The largest absolute Gasteiger partial charge is 0.348 e. The molecule has 6 nitrogen and oxygen atoms in total. The highest BCUT2D eigenvalue weighted by molar-refractivity contribution is 7.92. The van der Waals surface area contributed by atoms with Gasteiger partial charge in [-0.3, -0.25) is 9.78 Å². The van der Waals surface area contributed by atoms with Gasteiger partial charge in [-0.2, -0.15) is 0 Å². The number of amides is 1. The van der Waals surface area contributed by atoms with E-state index in [9.17, 15) is 13.2 Å². The average Bonchev–Trinajstić information content (AvgIpc) is 2.61. The Morgan fingerprint density at radius 1 is 1.16 bits per heavy atom. The second-order valence-electron chi connectivity index (χ2n) is 5.45. The zero-order valence-electron chi connectivity index (χ0n) is 13.9. The van der Waals surface area contributed by atoms with Crippen LogP contribution in [0.4, 0.5) is 0 Å². The minimum Gasteiger partial charge on any atom is -0.348 e. The molecule has 1 amide bonds. The van der Waals surface area contributed by atoms with E-state index in [0.717, 1.165) is 16.7 Å². The molecule has 1 unspecified atom stereocenters. The lowest BCUT2D eigenvalue weighted by Gasteiger charge is -2.13. The van der Waals surface area contributed by atoms with Crippen LogP contribution in [0.5, 0.6) is 0 Å². The zero-order valence-corrected chi connectivity index (χ0v) is 14.7. The molecule has 1 aromatic heterocycles. The first-order valence-corrected chi connectivity index (χ1v) is 9.44. The second-order valence-corrected chi connectivity index (χ2v) is 7.10. The Morgan fingerprint density at radius 2 is 1.88 bits per heavy atom. The molecule has 2 N–H and O–H groups in total. The van der Waals surface area contributed by atoms with Crippen LogP contribution in [0.3, 0.4) is 0 Å². The van der Waals surface area contributed by atoms with Crippen molar-refractivity contribution in [2.45, 2.75) is 19.4 Å². The summed E-state index contributed by atoms with van der Waals surface area (Å²) in [4.78, 5) is 16.1. The van der Waals surface area contributed by atoms with Gasteiger partial charge in [0.15, 0.2) is 0 Å². The van der Waals surface area contributed by atoms with E-state index in [1.807, 2.05) is 37.3 Å². The number of pyridine rings is 1. The first kappa shape index (κ1) is 18.8. The Kier molecular flexibility index (Phi) is 6.85. The molecule has 1 heterocycles. The summed E-state index contributed by atoms with van der Waals surface area (Å²) in [6.45, 7) is 1.86. The zero-order chi connectivity index (χ0) is 18.1. The highest BCUT2D eigenvalue weighted by Gasteiger charge is 2.11. The lowest BCUT2D eigenvalue weighted by molar-refractivity contribution is -0.121. The summed E-state index contributed by atoms with van der Waals surface area (Å²) < 4.78 is 26.2. The maximum Gasteiger partial charge on any atom is 0.233 e. The van der Waals surface area contributed by atoms with Crippen molar-refractivity contribution < 1.29 is 13.2 Å². The number of carbonyl (C=O) groups is 1. The van der Waals surface area contributed by atoms with Crippen molar-refractivity contribution in [3.05, 3.63) is 71.4 Å². The number of hydrogen-bond acceptors (Lipinski definition) is 4. The van der Waals surface area contributed by atoms with Crippen molar-refractivity contribution in [2.24, 2.45) is 0 Å². The fourth-order valence-electron chi connectivity index (χ4n) is 2.11. The fourth-order valence-corrected chi connectivity index (χ4v) is 2.93. The molecule has 0 aliphatic carbocycles. The van der Waals surface area contributed by atoms with Gasteiger partial charge in [0.1, 0.15) is 0 Å². The first-order chi connectivity index (χ1) is 12.0. The number of sulfonamides is 1. The van der Waals surface area contributed by atoms with Crippen LogP contribution in [-0.2, 0) is 14.8 Å². The molecule has 1 aromatic carbocycles. The molecular formula is C18H21N3O3S. The molecule has 2 rings (SSSR count). The van der Waals surface area contributed by atoms with E-state index in [2.05, 4.69) is 15.0 Å². The summed E-state index contributed by atoms with van der Waals surface area (Å²) in [5.74, 6) is -0.243. The molecule has 0 saturated heterocycles. The SMILES string of the molecule is CC(NC(=O)CCNS(=O)(=O)/C=C/c1ccccc1)c1ccccn1. The number of nitrogens with zero attached hydrogens (tertiary/aromatic N) is 1. The third-order valence-electron chi connectivity index (χ3n) is 3.40. The van der Waals surface area contributed by atoms with E-state index < -0.39 is 10.0 Å². The number of benzene rings is 1. The predicted octanol–water partition coefficient (Wildman–Crippen LogP) is 2.24. The third kappa shape index (κ3) is 6.86. The molecule has 0 radical (unpaired) electrons. The van der Waals surface area contributed by atoms with Crippen LogP contribution in [-0.4, -0.2) is 25.9 Å². The Hall–Kier alpha value is -2.51. The molecule has 132 valence electrons. The Bertz CT molecular complexity index is 806. The van der Waals surface area contributed by atoms with Crippen molar-refractivity contribution in [3.63, 3.8) is 0 Å². The van der Waals surface area contributed by atoms with E-state index >= 15 is 0 Å². The van der Waals surface area contributed by atoms with Gasteiger partial charge in [0.2, 0.25) is 15.9 Å². The minimum atomic E-state index is -3.58. The molecule has 2 aromatic rings. The van der Waals surface area contributed by atoms with Crippen LogP contribution in [0.2, 0.25) is 0 Å². The van der Waals surface area contributed by atoms with Gasteiger partial charge < -0.3 is 5.32 Å². The predicted molar refractivity (Wildman–Crippen MR) is 97.8 cm³/mol. The van der Waals surface area contributed by atoms with Crippen LogP contribution >= 0.6 is 0 Å². The maximum absolute atomic E-state index is 11.9. The van der Waals surface area contributed by atoms with E-state index in [0.29, 0.717) is 0 Å². The summed E-state index contributed by atoms with van der Waals surface area (Å²) in [5, 5.41) is 3.88. The molecule has 1 atom stereocenters. The van der Waals surface area contributed by atoms with E-state index in [-0.39, 0.29) is 24.9 Å². The van der Waals surface area contributed by atoms with E-state index in [1.165, 1.54) is 6.08 Å². The van der Waals surface area contributed by atoms with Gasteiger partial charge in [0.05, 0.1) is 11.7 Å². The highest BCUT2D eigenvalue weighted by Crippen LogP contribution is 2.07. The first-order valence-electron chi connectivity index (χ1n) is 7.89. The molecule has 0 spiro atoms. The Labute approximate surface area is 148 Å². The quantitative estimate of drug-likeness (QED) is 0.757. The number of carbonyl (C=O) groups excluding carboxylic acids is 1. The second kappa shape index (κ2) is 9.10. The monoisotopic (exact) mass is 359 g/mol. The third-order valence-corrected chi connectivity index (χ3v) is 4.50. The van der Waals surface area contributed by atoms with Crippen molar-refractivity contribution in [1.29, 1.82) is 0 Å². The average molecular weight is 359 g/mol. The molecular weight excluding hydrogens is 338 g/mol. The molecule has 0 saturated carbocycles. The van der Waals surface area contributed by atoms with Gasteiger partial charge in [-0.15, -0.1) is 0 Å². The van der Waals surface area contributed by atoms with Crippen molar-refractivity contribution in [2.75, 3.05) is 6.54 Å². The summed E-state index contributed by atoms with van der Waals surface area (Å²) >= 11 is 0. The fraction of sp³-hybridized carbons (Fsp3) is 0.222. The number of nitrogens with one attached hydrogen (secondary N) is 2. The van der Waals surface area contributed by atoms with Crippen molar-refractivity contribution in [3.8, 4) is 0 Å². The van der Waals surface area contributed by atoms with Crippen LogP contribution in [0.15, 0.2) is 60.1 Å². The van der Waals surface area contributed by atoms with Gasteiger partial charge in [0.25, 0.3) is 0 Å². The van der Waals surface area contributed by atoms with Crippen LogP contribution in [0, 0.1) is 0 Å². The van der Waals surface area contributed by atoms with Crippen LogP contribution in [0.25, 0.3) is 6.08 Å². The van der Waals surface area contributed by atoms with Gasteiger partial charge in [-0.25, -0.2) is 13.1 Å².